The van der Waals surface area contributed by atoms with Gasteiger partial charge < -0.3 is 15.4 Å². The zero-order chi connectivity index (χ0) is 19.5. The van der Waals surface area contributed by atoms with Crippen LogP contribution < -0.4 is 26.6 Å². The number of nitrogens with one attached hydrogen (secondary N) is 5. The molecule has 5 N–H and O–H groups in total. The van der Waals surface area contributed by atoms with Gasteiger partial charge in [0.1, 0.15) is 12.5 Å². The van der Waals surface area contributed by atoms with Crippen LogP contribution in [0.5, 0.6) is 0 Å². The fourth-order valence-electron chi connectivity index (χ4n) is 5.35. The highest BCUT2D eigenvalue weighted by atomic mass is 19.1. The number of hydrogen-bond donors (Lipinski definition) is 5. The first kappa shape index (κ1) is 18.5. The van der Waals surface area contributed by atoms with E-state index in [0.29, 0.717) is 24.0 Å². The molecule has 7 heteroatoms. The number of rotatable bonds is 4. The molecule has 0 radical (unpaired) electrons. The highest BCUT2D eigenvalue weighted by Crippen LogP contribution is 2.42. The second-order valence-electron chi connectivity index (χ2n) is 8.50. The molecule has 4 rings (SSSR count). The molecule has 1 aliphatic carbocycles. The zero-order valence-corrected chi connectivity index (χ0v) is 16.3. The second-order valence-corrected chi connectivity index (χ2v) is 8.50. The lowest BCUT2D eigenvalue weighted by atomic mass is 9.72. The third-order valence-corrected chi connectivity index (χ3v) is 6.73. The summed E-state index contributed by atoms with van der Waals surface area (Å²) >= 11 is 0. The van der Waals surface area contributed by atoms with Gasteiger partial charge in [-0.1, -0.05) is 11.6 Å². The number of ether oxygens (including phenoxy) is 1. The molecule has 8 unspecified atom stereocenters. The highest BCUT2D eigenvalue weighted by molar-refractivity contribution is 5.15. The molecule has 0 aromatic carbocycles. The van der Waals surface area contributed by atoms with Crippen molar-refractivity contribution in [2.75, 3.05) is 26.7 Å². The van der Waals surface area contributed by atoms with E-state index in [0.717, 1.165) is 45.4 Å². The van der Waals surface area contributed by atoms with Crippen LogP contribution in [0.15, 0.2) is 11.6 Å². The average Bonchev–Trinajstić information content (AvgIpc) is 3.01. The molecule has 0 spiro atoms. The summed E-state index contributed by atoms with van der Waals surface area (Å²) in [5, 5.41) is 16.7. The maximum atomic E-state index is 14.4. The summed E-state index contributed by atoms with van der Waals surface area (Å²) < 4.78 is 28.3. The Hall–Kier alpha value is -0.570. The van der Waals surface area contributed by atoms with E-state index < -0.39 is 18.4 Å². The summed E-state index contributed by atoms with van der Waals surface area (Å²) in [5.74, 6) is 1.07. The third-order valence-electron chi connectivity index (χ3n) is 6.73. The van der Waals surface area contributed by atoms with E-state index in [2.05, 4.69) is 32.7 Å². The van der Waals surface area contributed by atoms with Crippen molar-refractivity contribution < 1.29 is 10.5 Å². The zero-order valence-electron chi connectivity index (χ0n) is 17.3. The largest absolute Gasteiger partial charge is 0.377 e. The van der Waals surface area contributed by atoms with E-state index in [1.54, 1.807) is 12.6 Å². The van der Waals surface area contributed by atoms with Gasteiger partial charge in [-0.2, -0.15) is 0 Å². The van der Waals surface area contributed by atoms with Crippen molar-refractivity contribution in [1.29, 1.82) is 0 Å². The summed E-state index contributed by atoms with van der Waals surface area (Å²) in [7, 11) is 1.76. The molecule has 1 saturated carbocycles. The standard InChI is InChI=1S/C20H36FN5O/c1-12-17(21)19(22-2)26-20(24-12)25-15-10-14-6-9-27-18(14)16(11-15)13-4-3-7-23-8-5-13/h5,12,14-20,22-26H,3-4,6-11H2,1-2H3/i1D. The van der Waals surface area contributed by atoms with Crippen LogP contribution in [0.4, 0.5) is 4.39 Å². The third kappa shape index (κ3) is 4.38. The Morgan fingerprint density at radius 2 is 2.26 bits per heavy atom. The molecule has 3 heterocycles. The fourth-order valence-corrected chi connectivity index (χ4v) is 5.35. The van der Waals surface area contributed by atoms with Gasteiger partial charge in [-0.15, -0.1) is 0 Å². The average molecular weight is 383 g/mol. The van der Waals surface area contributed by atoms with Crippen molar-refractivity contribution in [1.82, 2.24) is 26.6 Å². The van der Waals surface area contributed by atoms with Crippen molar-refractivity contribution in [3.8, 4) is 0 Å². The lowest BCUT2D eigenvalue weighted by Gasteiger charge is -2.44. The Morgan fingerprint density at radius 3 is 3.11 bits per heavy atom. The number of fused-ring (bicyclic) bond motifs is 1. The van der Waals surface area contributed by atoms with Crippen LogP contribution in [-0.4, -0.2) is 63.6 Å². The van der Waals surface area contributed by atoms with Crippen molar-refractivity contribution >= 4 is 0 Å². The monoisotopic (exact) mass is 382 g/mol. The fraction of sp³-hybridized carbons (Fsp3) is 0.900. The van der Waals surface area contributed by atoms with Gasteiger partial charge in [0.05, 0.1) is 12.3 Å². The van der Waals surface area contributed by atoms with E-state index in [-0.39, 0.29) is 13.2 Å². The molecule has 6 nitrogen and oxygen atoms in total. The molecule has 0 amide bonds. The summed E-state index contributed by atoms with van der Waals surface area (Å²) in [6.45, 7) is 2.95. The van der Waals surface area contributed by atoms with Gasteiger partial charge in [-0.3, -0.25) is 16.0 Å². The van der Waals surface area contributed by atoms with E-state index in [1.807, 2.05) is 0 Å². The van der Waals surface area contributed by atoms with Crippen LogP contribution in [0, 0.1) is 11.8 Å². The molecular weight excluding hydrogens is 345 g/mol. The minimum Gasteiger partial charge on any atom is -0.377 e. The van der Waals surface area contributed by atoms with Crippen molar-refractivity contribution in [3.63, 3.8) is 0 Å². The Bertz CT molecular complexity index is 539. The van der Waals surface area contributed by atoms with Crippen LogP contribution in [-0.2, 0) is 4.74 Å². The van der Waals surface area contributed by atoms with E-state index in [1.165, 1.54) is 6.42 Å². The van der Waals surface area contributed by atoms with Gasteiger partial charge >= 0.3 is 0 Å². The lowest BCUT2D eigenvalue weighted by molar-refractivity contribution is 0.0147. The van der Waals surface area contributed by atoms with Crippen molar-refractivity contribution in [2.24, 2.45) is 11.8 Å². The quantitative estimate of drug-likeness (QED) is 0.464. The lowest BCUT2D eigenvalue weighted by Crippen LogP contribution is -2.72. The predicted octanol–water partition coefficient (Wildman–Crippen LogP) is 0.818. The van der Waals surface area contributed by atoms with Gasteiger partial charge in [-0.25, -0.2) is 4.39 Å². The van der Waals surface area contributed by atoms with Gasteiger partial charge in [-0.05, 0) is 58.5 Å². The molecule has 8 atom stereocenters. The minimum absolute atomic E-state index is 0.0327. The summed E-state index contributed by atoms with van der Waals surface area (Å²) in [4.78, 5) is 0. The van der Waals surface area contributed by atoms with E-state index in [9.17, 15) is 4.39 Å². The van der Waals surface area contributed by atoms with Crippen LogP contribution in [0.1, 0.15) is 40.4 Å². The van der Waals surface area contributed by atoms with E-state index >= 15 is 0 Å². The maximum Gasteiger partial charge on any atom is 0.143 e. The van der Waals surface area contributed by atoms with Crippen LogP contribution >= 0.6 is 0 Å². The van der Waals surface area contributed by atoms with Crippen LogP contribution in [0.3, 0.4) is 0 Å². The Kier molecular flexibility index (Phi) is 6.04. The molecule has 3 aliphatic heterocycles. The number of hydrogen-bond acceptors (Lipinski definition) is 6. The van der Waals surface area contributed by atoms with E-state index in [4.69, 9.17) is 6.11 Å². The molecule has 154 valence electrons. The topological polar surface area (TPSA) is 69.4 Å². The van der Waals surface area contributed by atoms with Gasteiger partial charge in [0.25, 0.3) is 0 Å². The Labute approximate surface area is 163 Å². The van der Waals surface area contributed by atoms with Crippen molar-refractivity contribution in [2.45, 2.75) is 75.8 Å². The number of halogens is 1. The SMILES string of the molecule is [2H]CC1NC(NC2CC3CCOC3C(C3=CCNCCC3)C2)NC(NC)C1F. The molecule has 27 heavy (non-hydrogen) atoms. The molecular formula is C20H36FN5O. The van der Waals surface area contributed by atoms with Gasteiger partial charge in [0.15, 0.2) is 0 Å². The Balaban J connectivity index is 1.43. The molecule has 0 aromatic heterocycles. The molecule has 4 aliphatic rings. The second kappa shape index (κ2) is 8.84. The summed E-state index contributed by atoms with van der Waals surface area (Å²) in [5.41, 5.74) is 1.55. The first-order valence-electron chi connectivity index (χ1n) is 11.3. The predicted molar refractivity (Wildman–Crippen MR) is 105 cm³/mol. The molecule has 3 fully saturated rings. The minimum atomic E-state index is -1.11. The molecule has 0 bridgehead atoms. The van der Waals surface area contributed by atoms with Gasteiger partial charge in [0.2, 0.25) is 0 Å². The molecule has 2 saturated heterocycles. The maximum absolute atomic E-state index is 14.4. The summed E-state index contributed by atoms with van der Waals surface area (Å²) in [6, 6.07) is -0.107. The normalized spacial score (nSPS) is 46.3. The highest BCUT2D eigenvalue weighted by Gasteiger charge is 2.44. The first-order chi connectivity index (χ1) is 13.7. The summed E-state index contributed by atoms with van der Waals surface area (Å²) in [6.07, 6.45) is 6.64. The first-order valence-corrected chi connectivity index (χ1v) is 10.6. The molecule has 0 aromatic rings. The van der Waals surface area contributed by atoms with Crippen molar-refractivity contribution in [3.05, 3.63) is 11.6 Å². The number of alkyl halides is 1. The smallest absolute Gasteiger partial charge is 0.143 e. The van der Waals surface area contributed by atoms with Gasteiger partial charge in [0, 0.05) is 32.5 Å². The van der Waals surface area contributed by atoms with Crippen LogP contribution in [0.25, 0.3) is 0 Å². The van der Waals surface area contributed by atoms with Crippen LogP contribution in [0.2, 0.25) is 0 Å². The Morgan fingerprint density at radius 1 is 1.33 bits per heavy atom.